The molecule has 0 saturated heterocycles. The van der Waals surface area contributed by atoms with Crippen molar-refractivity contribution < 1.29 is 19.0 Å². The molecule has 33 heavy (non-hydrogen) atoms. The number of anilines is 1. The molecular formula is C23H26N6O4. The first-order valence-corrected chi connectivity index (χ1v) is 10.6. The second-order valence-corrected chi connectivity index (χ2v) is 7.33. The number of nitrogens with zero attached hydrogens (tertiary/aromatic N) is 4. The highest BCUT2D eigenvalue weighted by molar-refractivity contribution is 5.85. The Bertz CT molecular complexity index is 1260. The normalized spacial score (nSPS) is 10.9. The van der Waals surface area contributed by atoms with Gasteiger partial charge in [0.1, 0.15) is 11.6 Å². The molecule has 0 saturated carbocycles. The Hall–Kier alpha value is -4.08. The molecule has 4 rings (SSSR count). The van der Waals surface area contributed by atoms with Crippen molar-refractivity contribution in [2.75, 3.05) is 32.6 Å². The summed E-state index contributed by atoms with van der Waals surface area (Å²) in [4.78, 5) is 16.6. The number of carbonyl (C=O) groups excluding carboxylic acids is 1. The van der Waals surface area contributed by atoms with Gasteiger partial charge in [0.2, 0.25) is 5.65 Å². The molecule has 0 aliphatic heterocycles. The van der Waals surface area contributed by atoms with Gasteiger partial charge in [0.25, 0.3) is 0 Å². The van der Waals surface area contributed by atoms with E-state index in [4.69, 9.17) is 19.2 Å². The van der Waals surface area contributed by atoms with Crippen molar-refractivity contribution >= 4 is 28.6 Å². The fourth-order valence-electron chi connectivity index (χ4n) is 3.50. The van der Waals surface area contributed by atoms with Crippen LogP contribution in [0.15, 0.2) is 42.5 Å². The van der Waals surface area contributed by atoms with Gasteiger partial charge in [-0.15, -0.1) is 10.2 Å². The summed E-state index contributed by atoms with van der Waals surface area (Å²) in [5, 5.41) is 14.6. The van der Waals surface area contributed by atoms with Crippen molar-refractivity contribution in [2.24, 2.45) is 0 Å². The van der Waals surface area contributed by atoms with Gasteiger partial charge in [0.05, 0.1) is 25.3 Å². The molecule has 0 radical (unpaired) electrons. The van der Waals surface area contributed by atoms with Gasteiger partial charge in [0, 0.05) is 25.2 Å². The van der Waals surface area contributed by atoms with Gasteiger partial charge in [0.15, 0.2) is 17.3 Å². The number of methoxy groups -OCH3 is 2. The molecule has 2 aromatic heterocycles. The molecule has 10 nitrogen and oxygen atoms in total. The van der Waals surface area contributed by atoms with Gasteiger partial charge in [-0.1, -0.05) is 18.2 Å². The standard InChI is InChI=1S/C23H26N6O4/c1-15-27-28-22-21(26-17-13-19(31-2)20(32-3)14-18(17)29(15)22)24-11-7-8-12-25-23(30)33-16-9-5-4-6-10-16/h4-6,9-10,13-14H,7-8,11-12H2,1-3H3,(H,24,26)(H,25,30). The molecule has 172 valence electrons. The second-order valence-electron chi connectivity index (χ2n) is 7.33. The largest absolute Gasteiger partial charge is 0.493 e. The molecule has 0 bridgehead atoms. The Labute approximate surface area is 190 Å². The average Bonchev–Trinajstić information content (AvgIpc) is 3.23. The van der Waals surface area contributed by atoms with Gasteiger partial charge >= 0.3 is 6.09 Å². The van der Waals surface area contributed by atoms with Crippen molar-refractivity contribution in [2.45, 2.75) is 19.8 Å². The molecule has 0 aliphatic rings. The number of nitrogens with one attached hydrogen (secondary N) is 2. The fraction of sp³-hybridized carbons (Fsp3) is 0.304. The number of hydrogen-bond acceptors (Lipinski definition) is 8. The zero-order valence-corrected chi connectivity index (χ0v) is 18.8. The van der Waals surface area contributed by atoms with E-state index in [1.165, 1.54) is 0 Å². The van der Waals surface area contributed by atoms with Crippen molar-refractivity contribution in [3.05, 3.63) is 48.3 Å². The molecule has 2 aromatic carbocycles. The first-order chi connectivity index (χ1) is 16.1. The van der Waals surface area contributed by atoms with Gasteiger partial charge < -0.3 is 24.8 Å². The summed E-state index contributed by atoms with van der Waals surface area (Å²) in [6.45, 7) is 3.05. The quantitative estimate of drug-likeness (QED) is 0.372. The molecule has 2 heterocycles. The number of fused-ring (bicyclic) bond motifs is 3. The number of rotatable bonds is 9. The molecule has 1 amide bonds. The number of aryl methyl sites for hydroxylation is 1. The summed E-state index contributed by atoms with van der Waals surface area (Å²) >= 11 is 0. The minimum atomic E-state index is -0.463. The lowest BCUT2D eigenvalue weighted by molar-refractivity contribution is 0.200. The summed E-state index contributed by atoms with van der Waals surface area (Å²) < 4.78 is 18.0. The van der Waals surface area contributed by atoms with Gasteiger partial charge in [-0.05, 0) is 31.9 Å². The van der Waals surface area contributed by atoms with E-state index in [2.05, 4.69) is 20.8 Å². The maximum atomic E-state index is 11.8. The van der Waals surface area contributed by atoms with Crippen LogP contribution in [-0.4, -0.2) is 53.0 Å². The van der Waals surface area contributed by atoms with Gasteiger partial charge in [-0.25, -0.2) is 9.78 Å². The highest BCUT2D eigenvalue weighted by atomic mass is 16.6. The maximum Gasteiger partial charge on any atom is 0.412 e. The van der Waals surface area contributed by atoms with Crippen LogP contribution in [0.5, 0.6) is 17.2 Å². The molecule has 0 spiro atoms. The van der Waals surface area contributed by atoms with Crippen LogP contribution in [0, 0.1) is 6.92 Å². The molecule has 2 N–H and O–H groups in total. The smallest absolute Gasteiger partial charge is 0.412 e. The Kier molecular flexibility index (Phi) is 6.72. The average molecular weight is 450 g/mol. The molecule has 0 unspecified atom stereocenters. The third-order valence-electron chi connectivity index (χ3n) is 5.11. The number of carbonyl (C=O) groups is 1. The summed E-state index contributed by atoms with van der Waals surface area (Å²) in [5.41, 5.74) is 2.20. The van der Waals surface area contributed by atoms with E-state index in [1.807, 2.05) is 41.7 Å². The molecule has 10 heteroatoms. The van der Waals surface area contributed by atoms with E-state index >= 15 is 0 Å². The highest BCUT2D eigenvalue weighted by Crippen LogP contribution is 2.33. The third-order valence-corrected chi connectivity index (χ3v) is 5.11. The SMILES string of the molecule is COc1cc2nc(NCCCCNC(=O)Oc3ccccc3)c3nnc(C)n3c2cc1OC. The Balaban J connectivity index is 1.38. The third kappa shape index (κ3) is 4.89. The number of hydrogen-bond donors (Lipinski definition) is 2. The number of amides is 1. The van der Waals surface area contributed by atoms with Crippen molar-refractivity contribution in [1.29, 1.82) is 0 Å². The van der Waals surface area contributed by atoms with Crippen molar-refractivity contribution in [1.82, 2.24) is 24.9 Å². The van der Waals surface area contributed by atoms with E-state index in [0.29, 0.717) is 41.8 Å². The number of aromatic nitrogens is 4. The monoisotopic (exact) mass is 450 g/mol. The van der Waals surface area contributed by atoms with Gasteiger partial charge in [-0.3, -0.25) is 4.40 Å². The molecule has 4 aromatic rings. The summed E-state index contributed by atoms with van der Waals surface area (Å²) in [6, 6.07) is 12.7. The lowest BCUT2D eigenvalue weighted by atomic mass is 10.2. The lowest BCUT2D eigenvalue weighted by Gasteiger charge is -2.13. The van der Waals surface area contributed by atoms with Crippen LogP contribution < -0.4 is 24.8 Å². The van der Waals surface area contributed by atoms with Crippen LogP contribution in [0.25, 0.3) is 16.7 Å². The highest BCUT2D eigenvalue weighted by Gasteiger charge is 2.16. The number of ether oxygens (including phenoxy) is 3. The van der Waals surface area contributed by atoms with E-state index in [1.54, 1.807) is 26.4 Å². The minimum absolute atomic E-state index is 0.463. The maximum absolute atomic E-state index is 11.8. The summed E-state index contributed by atoms with van der Waals surface area (Å²) in [7, 11) is 3.19. The van der Waals surface area contributed by atoms with Crippen LogP contribution in [0.3, 0.4) is 0 Å². The first kappa shape index (κ1) is 22.1. The predicted octanol–water partition coefficient (Wildman–Crippen LogP) is 3.58. The van der Waals surface area contributed by atoms with Gasteiger partial charge in [-0.2, -0.15) is 0 Å². The van der Waals surface area contributed by atoms with E-state index in [9.17, 15) is 4.79 Å². The molecule has 0 aliphatic carbocycles. The zero-order valence-electron chi connectivity index (χ0n) is 18.8. The second kappa shape index (κ2) is 10.0. The Morgan fingerprint density at radius 1 is 1.00 bits per heavy atom. The van der Waals surface area contributed by atoms with Crippen molar-refractivity contribution in [3.63, 3.8) is 0 Å². The van der Waals surface area contributed by atoms with E-state index < -0.39 is 6.09 Å². The summed E-state index contributed by atoms with van der Waals surface area (Å²) in [6.07, 6.45) is 1.13. The number of benzene rings is 2. The zero-order chi connectivity index (χ0) is 23.2. The topological polar surface area (TPSA) is 112 Å². The Morgan fingerprint density at radius 3 is 2.48 bits per heavy atom. The lowest BCUT2D eigenvalue weighted by Crippen LogP contribution is -2.28. The van der Waals surface area contributed by atoms with Crippen LogP contribution in [0.2, 0.25) is 0 Å². The van der Waals surface area contributed by atoms with E-state index in [0.717, 1.165) is 29.7 Å². The predicted molar refractivity (Wildman–Crippen MR) is 124 cm³/mol. The van der Waals surface area contributed by atoms with E-state index in [-0.39, 0.29) is 0 Å². The number of unbranched alkanes of at least 4 members (excludes halogenated alkanes) is 1. The first-order valence-electron chi connectivity index (χ1n) is 10.6. The van der Waals surface area contributed by atoms with Crippen LogP contribution in [0.1, 0.15) is 18.7 Å². The van der Waals surface area contributed by atoms with Crippen LogP contribution in [-0.2, 0) is 0 Å². The molecule has 0 atom stereocenters. The fourth-order valence-corrected chi connectivity index (χ4v) is 3.50. The Morgan fingerprint density at radius 2 is 1.73 bits per heavy atom. The van der Waals surface area contributed by atoms with Crippen LogP contribution in [0.4, 0.5) is 10.6 Å². The minimum Gasteiger partial charge on any atom is -0.493 e. The van der Waals surface area contributed by atoms with Crippen molar-refractivity contribution in [3.8, 4) is 17.2 Å². The molecular weight excluding hydrogens is 424 g/mol. The van der Waals surface area contributed by atoms with Crippen LogP contribution >= 0.6 is 0 Å². The molecule has 0 fully saturated rings. The number of para-hydroxylation sites is 1. The summed E-state index contributed by atoms with van der Waals surface area (Å²) in [5.74, 6) is 3.10.